The number of hydrogen-bond acceptors (Lipinski definition) is 4. The number of allylic oxidation sites excluding steroid dienone is 3. The highest BCUT2D eigenvalue weighted by molar-refractivity contribution is 6.30. The molecule has 6 heteroatoms. The van der Waals surface area contributed by atoms with Gasteiger partial charge < -0.3 is 14.5 Å². The average molecular weight is 428 g/mol. The smallest absolute Gasteiger partial charge is 0.272 e. The quantitative estimate of drug-likeness (QED) is 0.636. The summed E-state index contributed by atoms with van der Waals surface area (Å²) in [5.74, 6) is -0.0202. The maximum absolute atomic E-state index is 13.1. The standard InChI is InChI=1S/C24H30ClN3O2/c1-3-5-19(4-2)8-13-27-14-11-24(12-15-27)18-28(17-23(30-24)9-10-23)22(29)21-7-6-20(25)16-26-21/h3-7,16H,1-2,8-15,17-18H2/b19-5+. The molecule has 5 nitrogen and oxygen atoms in total. The first-order chi connectivity index (χ1) is 14.5. The topological polar surface area (TPSA) is 45.7 Å². The number of morpholine rings is 1. The molecule has 2 spiro atoms. The summed E-state index contributed by atoms with van der Waals surface area (Å²) < 4.78 is 6.68. The number of ether oxygens (including phenoxy) is 1. The van der Waals surface area contributed by atoms with Gasteiger partial charge in [-0.1, -0.05) is 43.0 Å². The van der Waals surface area contributed by atoms with Crippen LogP contribution in [0.15, 0.2) is 55.3 Å². The molecule has 1 aromatic rings. The summed E-state index contributed by atoms with van der Waals surface area (Å²) in [6, 6.07) is 3.44. The predicted molar refractivity (Wildman–Crippen MR) is 120 cm³/mol. The van der Waals surface area contributed by atoms with Crippen LogP contribution in [0.4, 0.5) is 0 Å². The van der Waals surface area contributed by atoms with Crippen LogP contribution in [0.1, 0.15) is 42.6 Å². The molecular weight excluding hydrogens is 398 g/mol. The Morgan fingerprint density at radius 3 is 2.43 bits per heavy atom. The molecule has 0 atom stereocenters. The molecule has 0 bridgehead atoms. The van der Waals surface area contributed by atoms with Crippen molar-refractivity contribution in [2.24, 2.45) is 0 Å². The molecule has 0 N–H and O–H groups in total. The first-order valence-corrected chi connectivity index (χ1v) is 11.1. The van der Waals surface area contributed by atoms with E-state index in [1.54, 1.807) is 12.1 Å². The number of piperidine rings is 1. The van der Waals surface area contributed by atoms with Gasteiger partial charge in [-0.05, 0) is 49.8 Å². The summed E-state index contributed by atoms with van der Waals surface area (Å²) in [5, 5.41) is 0.540. The number of nitrogens with zero attached hydrogens (tertiary/aromatic N) is 3. The van der Waals surface area contributed by atoms with Crippen LogP contribution in [-0.2, 0) is 4.74 Å². The molecule has 2 aliphatic heterocycles. The van der Waals surface area contributed by atoms with Crippen molar-refractivity contribution in [1.82, 2.24) is 14.8 Å². The van der Waals surface area contributed by atoms with Crippen molar-refractivity contribution in [2.45, 2.75) is 43.3 Å². The third-order valence-corrected chi connectivity index (χ3v) is 6.73. The summed E-state index contributed by atoms with van der Waals surface area (Å²) in [6.45, 7) is 11.9. The van der Waals surface area contributed by atoms with Crippen LogP contribution in [0.2, 0.25) is 5.02 Å². The van der Waals surface area contributed by atoms with Gasteiger partial charge in [0.2, 0.25) is 0 Å². The molecule has 30 heavy (non-hydrogen) atoms. The van der Waals surface area contributed by atoms with Gasteiger partial charge in [0, 0.05) is 25.8 Å². The normalized spacial score (nSPS) is 22.8. The molecule has 3 heterocycles. The van der Waals surface area contributed by atoms with E-state index < -0.39 is 0 Å². The highest BCUT2D eigenvalue weighted by Gasteiger charge is 2.56. The van der Waals surface area contributed by atoms with Crippen LogP contribution in [0.5, 0.6) is 0 Å². The van der Waals surface area contributed by atoms with E-state index in [1.807, 2.05) is 23.1 Å². The monoisotopic (exact) mass is 427 g/mol. The summed E-state index contributed by atoms with van der Waals surface area (Å²) in [6.07, 6.45) is 12.2. The summed E-state index contributed by atoms with van der Waals surface area (Å²) >= 11 is 5.93. The minimum atomic E-state index is -0.244. The lowest BCUT2D eigenvalue weighted by molar-refractivity contribution is -0.179. The lowest BCUT2D eigenvalue weighted by Gasteiger charge is -2.50. The lowest BCUT2D eigenvalue weighted by Crippen LogP contribution is -2.61. The van der Waals surface area contributed by atoms with Gasteiger partial charge in [0.25, 0.3) is 5.91 Å². The summed E-state index contributed by atoms with van der Waals surface area (Å²) in [4.78, 5) is 21.8. The van der Waals surface area contributed by atoms with Crippen LogP contribution in [0, 0.1) is 0 Å². The maximum atomic E-state index is 13.1. The molecule has 4 rings (SSSR count). The molecule has 160 valence electrons. The highest BCUT2D eigenvalue weighted by atomic mass is 35.5. The van der Waals surface area contributed by atoms with Gasteiger partial charge >= 0.3 is 0 Å². The van der Waals surface area contributed by atoms with E-state index in [9.17, 15) is 4.79 Å². The van der Waals surface area contributed by atoms with E-state index in [0.29, 0.717) is 23.8 Å². The van der Waals surface area contributed by atoms with E-state index >= 15 is 0 Å². The van der Waals surface area contributed by atoms with Crippen LogP contribution in [0.3, 0.4) is 0 Å². The SMILES string of the molecule is C=C/C=C(\C=C)CCN1CCC2(CC1)CN(C(=O)c1ccc(Cl)cn1)CC1(CC1)O2. The fourth-order valence-electron chi connectivity index (χ4n) is 4.62. The molecule has 0 aromatic carbocycles. The zero-order valence-electron chi connectivity index (χ0n) is 17.5. The van der Waals surface area contributed by atoms with E-state index in [0.717, 1.165) is 51.7 Å². The van der Waals surface area contributed by atoms with Gasteiger partial charge in [0.15, 0.2) is 0 Å². The Hall–Kier alpha value is -1.95. The summed E-state index contributed by atoms with van der Waals surface area (Å²) in [7, 11) is 0. The molecule has 3 fully saturated rings. The molecule has 0 unspecified atom stereocenters. The zero-order chi connectivity index (χ0) is 21.2. The second kappa shape index (κ2) is 8.66. The minimum absolute atomic E-state index is 0.0202. The fraction of sp³-hybridized carbons (Fsp3) is 0.500. The van der Waals surface area contributed by atoms with Crippen LogP contribution >= 0.6 is 11.6 Å². The number of amides is 1. The number of aromatic nitrogens is 1. The van der Waals surface area contributed by atoms with Gasteiger partial charge in [-0.2, -0.15) is 0 Å². The Bertz CT molecular complexity index is 837. The van der Waals surface area contributed by atoms with E-state index in [4.69, 9.17) is 16.3 Å². The van der Waals surface area contributed by atoms with Crippen LogP contribution < -0.4 is 0 Å². The number of likely N-dealkylation sites (tertiary alicyclic amines) is 1. The van der Waals surface area contributed by atoms with Gasteiger partial charge in [-0.3, -0.25) is 4.79 Å². The molecule has 3 aliphatic rings. The molecule has 2 saturated heterocycles. The van der Waals surface area contributed by atoms with Gasteiger partial charge in [-0.25, -0.2) is 4.98 Å². The minimum Gasteiger partial charge on any atom is -0.365 e. The number of rotatable bonds is 6. The molecule has 1 aromatic heterocycles. The van der Waals surface area contributed by atoms with Crippen molar-refractivity contribution in [3.05, 3.63) is 66.0 Å². The van der Waals surface area contributed by atoms with Gasteiger partial charge in [0.05, 0.1) is 29.3 Å². The fourth-order valence-corrected chi connectivity index (χ4v) is 4.73. The van der Waals surface area contributed by atoms with Crippen molar-refractivity contribution >= 4 is 17.5 Å². The Morgan fingerprint density at radius 1 is 1.17 bits per heavy atom. The molecular formula is C24H30ClN3O2. The number of carbonyl (C=O) groups excluding carboxylic acids is 1. The van der Waals surface area contributed by atoms with E-state index in [2.05, 4.69) is 23.0 Å². The number of pyridine rings is 1. The molecule has 0 radical (unpaired) electrons. The Kier molecular flexibility index (Phi) is 6.14. The Balaban J connectivity index is 1.40. The highest BCUT2D eigenvalue weighted by Crippen LogP contribution is 2.49. The maximum Gasteiger partial charge on any atom is 0.272 e. The average Bonchev–Trinajstić information content (AvgIpc) is 3.49. The predicted octanol–water partition coefficient (Wildman–Crippen LogP) is 4.26. The van der Waals surface area contributed by atoms with Crippen LogP contribution in [0.25, 0.3) is 0 Å². The third-order valence-electron chi connectivity index (χ3n) is 6.51. The zero-order valence-corrected chi connectivity index (χ0v) is 18.2. The first-order valence-electron chi connectivity index (χ1n) is 10.7. The van der Waals surface area contributed by atoms with Crippen molar-refractivity contribution in [2.75, 3.05) is 32.7 Å². The largest absolute Gasteiger partial charge is 0.365 e. The molecule has 1 aliphatic carbocycles. The van der Waals surface area contributed by atoms with Crippen molar-refractivity contribution in [3.8, 4) is 0 Å². The number of hydrogen-bond donors (Lipinski definition) is 0. The molecule has 1 saturated carbocycles. The van der Waals surface area contributed by atoms with Crippen LogP contribution in [-0.4, -0.2) is 64.6 Å². The van der Waals surface area contributed by atoms with Gasteiger partial charge in [-0.15, -0.1) is 0 Å². The van der Waals surface area contributed by atoms with Gasteiger partial charge in [0.1, 0.15) is 5.69 Å². The van der Waals surface area contributed by atoms with Crippen molar-refractivity contribution in [3.63, 3.8) is 0 Å². The van der Waals surface area contributed by atoms with Crippen molar-refractivity contribution in [1.29, 1.82) is 0 Å². The number of carbonyl (C=O) groups is 1. The van der Waals surface area contributed by atoms with E-state index in [1.165, 1.54) is 11.8 Å². The first kappa shape index (κ1) is 21.3. The van der Waals surface area contributed by atoms with E-state index in [-0.39, 0.29) is 17.1 Å². The lowest BCUT2D eigenvalue weighted by atomic mass is 9.87. The van der Waals surface area contributed by atoms with Crippen molar-refractivity contribution < 1.29 is 9.53 Å². The molecule has 1 amide bonds. The summed E-state index contributed by atoms with van der Waals surface area (Å²) in [5.41, 5.74) is 1.27. The second-order valence-corrected chi connectivity index (χ2v) is 9.20. The second-order valence-electron chi connectivity index (χ2n) is 8.76. The third kappa shape index (κ3) is 4.69. The number of halogens is 1. The Labute approximate surface area is 184 Å². The Morgan fingerprint density at radius 2 is 1.87 bits per heavy atom.